The van der Waals surface area contributed by atoms with Gasteiger partial charge in [-0.15, -0.1) is 0 Å². The molecule has 0 saturated carbocycles. The van der Waals surface area contributed by atoms with Gasteiger partial charge in [-0.05, 0) is 43.0 Å². The molecule has 1 aliphatic rings. The van der Waals surface area contributed by atoms with Gasteiger partial charge in [0.2, 0.25) is 0 Å². The van der Waals surface area contributed by atoms with Gasteiger partial charge in [0, 0.05) is 31.0 Å². The van der Waals surface area contributed by atoms with Crippen molar-refractivity contribution in [1.82, 2.24) is 9.47 Å². The van der Waals surface area contributed by atoms with E-state index in [9.17, 15) is 4.79 Å². The Labute approximate surface area is 142 Å². The number of fused-ring (bicyclic) bond motifs is 3. The lowest BCUT2D eigenvalue weighted by molar-refractivity contribution is 0.0770. The summed E-state index contributed by atoms with van der Waals surface area (Å²) in [6.45, 7) is 3.75. The third-order valence-corrected chi connectivity index (χ3v) is 5.04. The molecule has 1 amide bonds. The Morgan fingerprint density at radius 3 is 2.67 bits per heavy atom. The number of carbonyl (C=O) groups excluding carboxylic acids is 1. The van der Waals surface area contributed by atoms with E-state index in [0.29, 0.717) is 0 Å². The van der Waals surface area contributed by atoms with Crippen LogP contribution in [0.5, 0.6) is 0 Å². The molecule has 24 heavy (non-hydrogen) atoms. The van der Waals surface area contributed by atoms with Crippen LogP contribution in [0.2, 0.25) is 0 Å². The number of likely N-dealkylation sites (N-methyl/N-ethyl adjacent to an activating group) is 1. The van der Waals surface area contributed by atoms with Gasteiger partial charge >= 0.3 is 0 Å². The second kappa shape index (κ2) is 5.82. The minimum Gasteiger partial charge on any atom is -0.340 e. The van der Waals surface area contributed by atoms with Crippen LogP contribution in [0.15, 0.2) is 48.5 Å². The first kappa shape index (κ1) is 15.0. The van der Waals surface area contributed by atoms with E-state index in [4.69, 9.17) is 0 Å². The molecule has 0 spiro atoms. The molecule has 3 aromatic rings. The lowest BCUT2D eigenvalue weighted by Gasteiger charge is -2.24. The highest BCUT2D eigenvalue weighted by molar-refractivity contribution is 6.03. The summed E-state index contributed by atoms with van der Waals surface area (Å²) in [6, 6.07) is 17.0. The molecule has 0 fully saturated rings. The summed E-state index contributed by atoms with van der Waals surface area (Å²) < 4.78 is 2.23. The maximum Gasteiger partial charge on any atom is 0.270 e. The van der Waals surface area contributed by atoms with E-state index in [1.54, 1.807) is 0 Å². The molecule has 0 radical (unpaired) electrons. The first-order chi connectivity index (χ1) is 11.6. The molecule has 2 heterocycles. The Morgan fingerprint density at radius 2 is 1.88 bits per heavy atom. The Bertz CT molecular complexity index is 908. The van der Waals surface area contributed by atoms with Crippen molar-refractivity contribution in [2.24, 2.45) is 0 Å². The van der Waals surface area contributed by atoms with Crippen molar-refractivity contribution < 1.29 is 4.79 Å². The topological polar surface area (TPSA) is 25.2 Å². The lowest BCUT2D eigenvalue weighted by Crippen LogP contribution is -2.35. The van der Waals surface area contributed by atoms with Gasteiger partial charge in [0.15, 0.2) is 0 Å². The van der Waals surface area contributed by atoms with E-state index in [1.807, 2.05) is 18.0 Å². The first-order valence-corrected chi connectivity index (χ1v) is 8.56. The molecule has 0 unspecified atom stereocenters. The fourth-order valence-corrected chi connectivity index (χ4v) is 3.72. The molecule has 0 saturated heterocycles. The van der Waals surface area contributed by atoms with Gasteiger partial charge in [-0.1, -0.05) is 42.0 Å². The molecule has 1 aromatic heterocycles. The van der Waals surface area contributed by atoms with Crippen LogP contribution in [0.4, 0.5) is 0 Å². The highest BCUT2D eigenvalue weighted by atomic mass is 16.2. The largest absolute Gasteiger partial charge is 0.340 e. The van der Waals surface area contributed by atoms with E-state index in [-0.39, 0.29) is 5.91 Å². The van der Waals surface area contributed by atoms with Crippen molar-refractivity contribution in [2.75, 3.05) is 13.6 Å². The van der Waals surface area contributed by atoms with E-state index >= 15 is 0 Å². The molecule has 3 heteroatoms. The maximum atomic E-state index is 12.8. The van der Waals surface area contributed by atoms with Crippen LogP contribution in [0.25, 0.3) is 10.9 Å². The number of aryl methyl sites for hydroxylation is 3. The van der Waals surface area contributed by atoms with E-state index in [0.717, 1.165) is 31.6 Å². The number of benzene rings is 2. The zero-order valence-corrected chi connectivity index (χ0v) is 14.2. The predicted octanol–water partition coefficient (Wildman–Crippen LogP) is 3.82. The molecule has 1 aliphatic heterocycles. The number of hydrogen-bond donors (Lipinski definition) is 0. The number of hydrogen-bond acceptors (Lipinski definition) is 1. The number of aromatic nitrogens is 1. The summed E-state index contributed by atoms with van der Waals surface area (Å²) in [5, 5.41) is 1.25. The maximum absolute atomic E-state index is 12.8. The van der Waals surface area contributed by atoms with Gasteiger partial charge in [0.25, 0.3) is 5.91 Å². The minimum absolute atomic E-state index is 0.151. The normalized spacial score (nSPS) is 14.2. The monoisotopic (exact) mass is 318 g/mol. The Balaban J connectivity index is 1.83. The fraction of sp³-hybridized carbons (Fsp3) is 0.286. The van der Waals surface area contributed by atoms with E-state index in [1.165, 1.54) is 27.6 Å². The highest BCUT2D eigenvalue weighted by Crippen LogP contribution is 2.31. The number of amides is 1. The van der Waals surface area contributed by atoms with Crippen LogP contribution in [0, 0.1) is 6.92 Å². The van der Waals surface area contributed by atoms with Crippen LogP contribution in [0.3, 0.4) is 0 Å². The smallest absolute Gasteiger partial charge is 0.270 e. The van der Waals surface area contributed by atoms with Crippen LogP contribution >= 0.6 is 0 Å². The molecule has 122 valence electrons. The van der Waals surface area contributed by atoms with Crippen molar-refractivity contribution in [1.29, 1.82) is 0 Å². The number of nitrogens with zero attached hydrogens (tertiary/aromatic N) is 2. The highest BCUT2D eigenvalue weighted by Gasteiger charge is 2.28. The van der Waals surface area contributed by atoms with Gasteiger partial charge in [-0.2, -0.15) is 0 Å². The zero-order chi connectivity index (χ0) is 16.7. The molecule has 0 N–H and O–H groups in total. The third kappa shape index (κ3) is 2.41. The summed E-state index contributed by atoms with van der Waals surface area (Å²) in [5.74, 6) is 0.151. The molecule has 4 rings (SSSR count). The molecule has 2 aromatic carbocycles. The average molecular weight is 318 g/mol. The minimum atomic E-state index is 0.151. The molecule has 3 nitrogen and oxygen atoms in total. The second-order valence-electron chi connectivity index (χ2n) is 6.71. The molecule has 0 atom stereocenters. The first-order valence-electron chi connectivity index (χ1n) is 8.56. The van der Waals surface area contributed by atoms with Gasteiger partial charge in [-0.25, -0.2) is 0 Å². The fourth-order valence-electron chi connectivity index (χ4n) is 3.72. The average Bonchev–Trinajstić information content (AvgIpc) is 2.91. The van der Waals surface area contributed by atoms with Gasteiger partial charge in [0.05, 0.1) is 0 Å². The Morgan fingerprint density at radius 1 is 1.08 bits per heavy atom. The van der Waals surface area contributed by atoms with E-state index in [2.05, 4.69) is 54.0 Å². The lowest BCUT2D eigenvalue weighted by atomic mass is 10.0. The predicted molar refractivity (Wildman–Crippen MR) is 97.5 cm³/mol. The van der Waals surface area contributed by atoms with Gasteiger partial charge in [-0.3, -0.25) is 4.79 Å². The van der Waals surface area contributed by atoms with Crippen molar-refractivity contribution in [3.05, 3.63) is 70.9 Å². The van der Waals surface area contributed by atoms with Crippen molar-refractivity contribution in [2.45, 2.75) is 26.3 Å². The van der Waals surface area contributed by atoms with Gasteiger partial charge < -0.3 is 9.47 Å². The zero-order valence-electron chi connectivity index (χ0n) is 14.2. The standard InChI is InChI=1S/C21H22N2O/c1-15-8-9-19-18(14-15)17-11-12-22(2)21(24)20(17)23(19)13-10-16-6-4-3-5-7-16/h3-9,14H,10-13H2,1-2H3. The van der Waals surface area contributed by atoms with Crippen LogP contribution < -0.4 is 0 Å². The van der Waals surface area contributed by atoms with Crippen molar-refractivity contribution in [3.63, 3.8) is 0 Å². The number of rotatable bonds is 3. The Kier molecular flexibility index (Phi) is 3.64. The number of carbonyl (C=O) groups is 1. The molecular weight excluding hydrogens is 296 g/mol. The van der Waals surface area contributed by atoms with Crippen molar-refractivity contribution in [3.8, 4) is 0 Å². The van der Waals surface area contributed by atoms with E-state index < -0.39 is 0 Å². The molecule has 0 bridgehead atoms. The second-order valence-corrected chi connectivity index (χ2v) is 6.71. The summed E-state index contributed by atoms with van der Waals surface area (Å²) in [7, 11) is 1.90. The summed E-state index contributed by atoms with van der Waals surface area (Å²) >= 11 is 0. The summed E-state index contributed by atoms with van der Waals surface area (Å²) in [6.07, 6.45) is 1.87. The molecular formula is C21H22N2O. The quantitative estimate of drug-likeness (QED) is 0.721. The third-order valence-electron chi connectivity index (χ3n) is 5.04. The van der Waals surface area contributed by atoms with Crippen LogP contribution in [-0.4, -0.2) is 29.0 Å². The summed E-state index contributed by atoms with van der Waals surface area (Å²) in [5.41, 5.74) is 5.85. The SMILES string of the molecule is Cc1ccc2c(c1)c1c(n2CCc2ccccc2)C(=O)N(C)CC1. The molecule has 0 aliphatic carbocycles. The Hall–Kier alpha value is -2.55. The van der Waals surface area contributed by atoms with Crippen LogP contribution in [0.1, 0.15) is 27.2 Å². The van der Waals surface area contributed by atoms with Crippen molar-refractivity contribution >= 4 is 16.8 Å². The van der Waals surface area contributed by atoms with Crippen LogP contribution in [-0.2, 0) is 19.4 Å². The summed E-state index contributed by atoms with van der Waals surface area (Å²) in [4.78, 5) is 14.6. The van der Waals surface area contributed by atoms with Gasteiger partial charge in [0.1, 0.15) is 5.69 Å².